The lowest BCUT2D eigenvalue weighted by Gasteiger charge is -2.33. The summed E-state index contributed by atoms with van der Waals surface area (Å²) in [7, 11) is 0. The van der Waals surface area contributed by atoms with Crippen LogP contribution in [0.1, 0.15) is 60.5 Å². The number of primary amides is 1. The van der Waals surface area contributed by atoms with E-state index in [9.17, 15) is 9.59 Å². The van der Waals surface area contributed by atoms with Gasteiger partial charge in [0.15, 0.2) is 0 Å². The first-order valence-electron chi connectivity index (χ1n) is 10.9. The molecule has 2 aliphatic rings. The lowest BCUT2D eigenvalue weighted by Crippen LogP contribution is -2.40. The van der Waals surface area contributed by atoms with Crippen molar-refractivity contribution in [3.63, 3.8) is 0 Å². The van der Waals surface area contributed by atoms with Gasteiger partial charge < -0.3 is 15.4 Å². The van der Waals surface area contributed by atoms with E-state index < -0.39 is 5.91 Å². The van der Waals surface area contributed by atoms with Gasteiger partial charge in [-0.2, -0.15) is 0 Å². The lowest BCUT2D eigenvalue weighted by molar-refractivity contribution is -0.136. The van der Waals surface area contributed by atoms with Crippen LogP contribution in [0.5, 0.6) is 0 Å². The van der Waals surface area contributed by atoms with Gasteiger partial charge in [0.25, 0.3) is 0 Å². The first kappa shape index (κ1) is 20.5. The van der Waals surface area contributed by atoms with Crippen molar-refractivity contribution in [2.45, 2.75) is 50.5 Å². The van der Waals surface area contributed by atoms with Crippen molar-refractivity contribution < 1.29 is 14.3 Å². The number of pyridine rings is 1. The summed E-state index contributed by atoms with van der Waals surface area (Å²) in [5, 5.41) is 0. The molecule has 6 nitrogen and oxygen atoms in total. The van der Waals surface area contributed by atoms with Gasteiger partial charge in [-0.1, -0.05) is 18.2 Å². The summed E-state index contributed by atoms with van der Waals surface area (Å²) in [6, 6.07) is 11.4. The van der Waals surface area contributed by atoms with Crippen LogP contribution in [0.25, 0.3) is 11.1 Å². The number of carbonyl (C=O) groups excluding carboxylic acids is 2. The van der Waals surface area contributed by atoms with Crippen molar-refractivity contribution in [1.82, 2.24) is 9.88 Å². The Hall–Kier alpha value is -2.73. The molecule has 0 aliphatic carbocycles. The molecular weight excluding hydrogens is 378 g/mol. The summed E-state index contributed by atoms with van der Waals surface area (Å²) in [5.41, 5.74) is 8.82. The molecule has 2 aliphatic heterocycles. The number of aromatic nitrogens is 1. The van der Waals surface area contributed by atoms with E-state index in [4.69, 9.17) is 10.5 Å². The predicted octanol–water partition coefficient (Wildman–Crippen LogP) is 3.51. The molecule has 158 valence electrons. The molecule has 3 heterocycles. The van der Waals surface area contributed by atoms with Crippen LogP contribution in [-0.2, 0) is 9.53 Å². The van der Waals surface area contributed by atoms with E-state index in [1.807, 2.05) is 29.3 Å². The Bertz CT molecular complexity index is 883. The van der Waals surface area contributed by atoms with Crippen molar-refractivity contribution >= 4 is 11.8 Å². The van der Waals surface area contributed by atoms with Crippen LogP contribution in [0.3, 0.4) is 0 Å². The second-order valence-corrected chi connectivity index (χ2v) is 8.26. The van der Waals surface area contributed by atoms with Gasteiger partial charge in [-0.15, -0.1) is 0 Å². The minimum atomic E-state index is -0.433. The predicted molar refractivity (Wildman–Crippen MR) is 115 cm³/mol. The normalized spacial score (nSPS) is 20.1. The molecule has 0 spiro atoms. The van der Waals surface area contributed by atoms with Crippen molar-refractivity contribution in [3.8, 4) is 11.1 Å². The summed E-state index contributed by atoms with van der Waals surface area (Å²) >= 11 is 0. The molecule has 2 saturated heterocycles. The molecule has 4 rings (SSSR count). The second-order valence-electron chi connectivity index (χ2n) is 8.26. The number of likely N-dealkylation sites (tertiary alicyclic amines) is 1. The fraction of sp³-hybridized carbons (Fsp3) is 0.458. The molecular formula is C24H29N3O3. The van der Waals surface area contributed by atoms with Gasteiger partial charge in [0.1, 0.15) is 0 Å². The molecule has 0 radical (unpaired) electrons. The van der Waals surface area contributed by atoms with Gasteiger partial charge in [0, 0.05) is 48.6 Å². The maximum Gasteiger partial charge on any atom is 0.248 e. The van der Waals surface area contributed by atoms with Crippen LogP contribution in [0.15, 0.2) is 42.6 Å². The first-order chi connectivity index (χ1) is 14.6. The lowest BCUT2D eigenvalue weighted by atomic mass is 9.92. The molecule has 1 atom stereocenters. The average molecular weight is 408 g/mol. The maximum absolute atomic E-state index is 12.6. The van der Waals surface area contributed by atoms with Crippen LogP contribution in [0.2, 0.25) is 0 Å². The Kier molecular flexibility index (Phi) is 6.43. The summed E-state index contributed by atoms with van der Waals surface area (Å²) < 4.78 is 5.71. The highest BCUT2D eigenvalue weighted by molar-refractivity contribution is 5.94. The molecule has 1 aromatic carbocycles. The van der Waals surface area contributed by atoms with Crippen LogP contribution in [0, 0.1) is 0 Å². The van der Waals surface area contributed by atoms with Crippen molar-refractivity contribution in [2.24, 2.45) is 5.73 Å². The quantitative estimate of drug-likeness (QED) is 0.822. The van der Waals surface area contributed by atoms with E-state index in [0.717, 1.165) is 68.6 Å². The van der Waals surface area contributed by atoms with Crippen molar-refractivity contribution in [1.29, 1.82) is 0 Å². The fourth-order valence-electron chi connectivity index (χ4n) is 4.39. The second kappa shape index (κ2) is 9.39. The summed E-state index contributed by atoms with van der Waals surface area (Å²) in [5.74, 6) is 0.154. The maximum atomic E-state index is 12.6. The summed E-state index contributed by atoms with van der Waals surface area (Å²) in [6.07, 6.45) is 7.61. The molecule has 0 bridgehead atoms. The standard InChI is InChI=1S/C24H29N3O3/c25-24(29)19-5-3-4-18(14-19)20-7-8-22(26-16-20)17-9-11-27(12-10-17)23(28)15-21-6-1-2-13-30-21/h3-5,7-8,14,16-17,21H,1-2,6,9-13,15H2,(H2,25,29)/t21-/m1/s1. The van der Waals surface area contributed by atoms with E-state index in [2.05, 4.69) is 11.1 Å². The average Bonchev–Trinajstić information content (AvgIpc) is 2.80. The largest absolute Gasteiger partial charge is 0.378 e. The number of ether oxygens (including phenoxy) is 1. The number of amides is 2. The van der Waals surface area contributed by atoms with Gasteiger partial charge in [0.05, 0.1) is 12.5 Å². The molecule has 2 N–H and O–H groups in total. The number of rotatable bonds is 5. The van der Waals surface area contributed by atoms with Crippen molar-refractivity contribution in [2.75, 3.05) is 19.7 Å². The molecule has 0 saturated carbocycles. The van der Waals surface area contributed by atoms with Gasteiger partial charge >= 0.3 is 0 Å². The number of hydrogen-bond acceptors (Lipinski definition) is 4. The minimum Gasteiger partial charge on any atom is -0.378 e. The Morgan fingerprint density at radius 3 is 2.57 bits per heavy atom. The topological polar surface area (TPSA) is 85.5 Å². The third-order valence-corrected chi connectivity index (χ3v) is 6.21. The number of carbonyl (C=O) groups is 2. The zero-order chi connectivity index (χ0) is 20.9. The highest BCUT2D eigenvalue weighted by Gasteiger charge is 2.27. The van der Waals surface area contributed by atoms with Gasteiger partial charge in [-0.25, -0.2) is 0 Å². The summed E-state index contributed by atoms with van der Waals surface area (Å²) in [6.45, 7) is 2.34. The first-order valence-corrected chi connectivity index (χ1v) is 10.9. The fourth-order valence-corrected chi connectivity index (χ4v) is 4.39. The molecule has 2 fully saturated rings. The number of nitrogens with zero attached hydrogens (tertiary/aromatic N) is 2. The third kappa shape index (κ3) is 4.87. The molecule has 1 aromatic heterocycles. The Morgan fingerprint density at radius 1 is 1.07 bits per heavy atom. The monoisotopic (exact) mass is 407 g/mol. The van der Waals surface area contributed by atoms with Gasteiger partial charge in [-0.05, 0) is 55.9 Å². The number of benzene rings is 1. The number of hydrogen-bond donors (Lipinski definition) is 1. The van der Waals surface area contributed by atoms with E-state index in [-0.39, 0.29) is 12.0 Å². The van der Waals surface area contributed by atoms with E-state index >= 15 is 0 Å². The van der Waals surface area contributed by atoms with Crippen LogP contribution < -0.4 is 5.73 Å². The zero-order valence-corrected chi connectivity index (χ0v) is 17.3. The SMILES string of the molecule is NC(=O)c1cccc(-c2ccc(C3CCN(C(=O)C[C@H]4CCCCO4)CC3)nc2)c1. The summed E-state index contributed by atoms with van der Waals surface area (Å²) in [4.78, 5) is 30.6. The molecule has 30 heavy (non-hydrogen) atoms. The van der Waals surface area contributed by atoms with Gasteiger partial charge in [0.2, 0.25) is 11.8 Å². The molecule has 6 heteroatoms. The minimum absolute atomic E-state index is 0.103. The zero-order valence-electron chi connectivity index (χ0n) is 17.3. The van der Waals surface area contributed by atoms with Crippen molar-refractivity contribution in [3.05, 3.63) is 53.9 Å². The molecule has 2 aromatic rings. The van der Waals surface area contributed by atoms with Crippen LogP contribution in [0.4, 0.5) is 0 Å². The molecule has 0 unspecified atom stereocenters. The van der Waals surface area contributed by atoms with Crippen LogP contribution in [-0.4, -0.2) is 47.5 Å². The Labute approximate surface area is 177 Å². The third-order valence-electron chi connectivity index (χ3n) is 6.21. The highest BCUT2D eigenvalue weighted by atomic mass is 16.5. The number of piperidine rings is 1. The Morgan fingerprint density at radius 2 is 1.90 bits per heavy atom. The smallest absolute Gasteiger partial charge is 0.248 e. The highest BCUT2D eigenvalue weighted by Crippen LogP contribution is 2.29. The van der Waals surface area contributed by atoms with E-state index in [1.165, 1.54) is 0 Å². The van der Waals surface area contributed by atoms with E-state index in [1.54, 1.807) is 12.1 Å². The Balaban J connectivity index is 1.33. The van der Waals surface area contributed by atoms with E-state index in [0.29, 0.717) is 17.9 Å². The number of nitrogens with two attached hydrogens (primary N) is 1. The van der Waals surface area contributed by atoms with Gasteiger partial charge in [-0.3, -0.25) is 14.6 Å². The molecule has 2 amide bonds. The van der Waals surface area contributed by atoms with Crippen LogP contribution >= 0.6 is 0 Å².